The number of carboxylic acid groups (broad SMARTS) is 1. The van der Waals surface area contributed by atoms with Gasteiger partial charge in [0.1, 0.15) is 6.54 Å². The van der Waals surface area contributed by atoms with Crippen molar-refractivity contribution in [2.75, 3.05) is 19.4 Å². The maximum Gasteiger partial charge on any atom is 0.322 e. The molecule has 0 aromatic heterocycles. The van der Waals surface area contributed by atoms with Gasteiger partial charge in [-0.2, -0.15) is 0 Å². The fraction of sp³-hybridized carbons (Fsp3) is 0.778. The van der Waals surface area contributed by atoms with Crippen LogP contribution in [0.1, 0.15) is 20.8 Å². The van der Waals surface area contributed by atoms with Gasteiger partial charge in [0.2, 0.25) is 5.91 Å². The maximum atomic E-state index is 11.1. The molecule has 0 aromatic carbocycles. The summed E-state index contributed by atoms with van der Waals surface area (Å²) in [6.45, 7) is 7.53. The van der Waals surface area contributed by atoms with E-state index in [2.05, 4.69) is 5.32 Å². The fourth-order valence-electron chi connectivity index (χ4n) is 0.736. The van der Waals surface area contributed by atoms with Gasteiger partial charge in [0, 0.05) is 5.92 Å². The van der Waals surface area contributed by atoms with Gasteiger partial charge >= 0.3 is 5.97 Å². The summed E-state index contributed by atoms with van der Waals surface area (Å²) in [5.74, 6) is -1.26. The van der Waals surface area contributed by atoms with E-state index in [1.54, 1.807) is 6.92 Å². The van der Waals surface area contributed by atoms with Gasteiger partial charge in [-0.05, 0) is 12.8 Å². The molecule has 0 rings (SSSR count). The summed E-state index contributed by atoms with van der Waals surface area (Å²) in [6, 6.07) is 0. The first kappa shape index (κ1) is 15.8. The Morgan fingerprint density at radius 1 is 1.43 bits per heavy atom. The molecule has 0 saturated heterocycles. The molecule has 2 unspecified atom stereocenters. The third-order valence-electron chi connectivity index (χ3n) is 1.37. The van der Waals surface area contributed by atoms with E-state index in [1.807, 2.05) is 20.5 Å². The summed E-state index contributed by atoms with van der Waals surface area (Å²) in [4.78, 5) is 21.1. The van der Waals surface area contributed by atoms with E-state index in [1.165, 1.54) is 0 Å². The molecule has 2 N–H and O–H groups in total. The number of aliphatic carboxylic acids is 1. The Morgan fingerprint density at radius 3 is 2.29 bits per heavy atom. The number of amides is 1. The normalized spacial score (nSPS) is 11.7. The highest BCUT2D eigenvalue weighted by Gasteiger charge is 2.11. The molecule has 0 aliphatic heterocycles. The molecule has 2 atom stereocenters. The van der Waals surface area contributed by atoms with Gasteiger partial charge in [0.05, 0.1) is 0 Å². The monoisotopic (exact) mass is 221 g/mol. The second-order valence-corrected chi connectivity index (χ2v) is 3.69. The van der Waals surface area contributed by atoms with Crippen molar-refractivity contribution in [2.45, 2.75) is 20.8 Å². The van der Waals surface area contributed by atoms with Crippen LogP contribution in [0.15, 0.2) is 0 Å². The van der Waals surface area contributed by atoms with Crippen molar-refractivity contribution in [3.8, 4) is 0 Å². The molecular formula is C9H20NO3P. The molecule has 0 fully saturated rings. The van der Waals surface area contributed by atoms with Gasteiger partial charge in [-0.1, -0.05) is 20.8 Å². The van der Waals surface area contributed by atoms with Crippen molar-refractivity contribution in [1.29, 1.82) is 0 Å². The Kier molecular flexibility index (Phi) is 11.8. The first-order chi connectivity index (χ1) is 6.57. The summed E-state index contributed by atoms with van der Waals surface area (Å²) in [5, 5.41) is 10.6. The molecule has 0 spiro atoms. The van der Waals surface area contributed by atoms with Crippen LogP contribution in [0.2, 0.25) is 0 Å². The molecule has 14 heavy (non-hydrogen) atoms. The molecule has 0 bridgehead atoms. The quantitative estimate of drug-likeness (QED) is 0.684. The molecular weight excluding hydrogens is 201 g/mol. The third-order valence-corrected chi connectivity index (χ3v) is 2.39. The number of nitrogens with one attached hydrogen (secondary N) is 1. The van der Waals surface area contributed by atoms with Crippen LogP contribution in [0.3, 0.4) is 0 Å². The van der Waals surface area contributed by atoms with Gasteiger partial charge < -0.3 is 10.4 Å². The summed E-state index contributed by atoms with van der Waals surface area (Å²) in [6.07, 6.45) is 0.825. The number of carboxylic acids is 1. The van der Waals surface area contributed by atoms with Gasteiger partial charge in [0.15, 0.2) is 0 Å². The van der Waals surface area contributed by atoms with Crippen LogP contribution in [0.5, 0.6) is 0 Å². The van der Waals surface area contributed by atoms with Crippen LogP contribution in [0.4, 0.5) is 0 Å². The Labute approximate surface area is 87.2 Å². The molecule has 1 amide bonds. The lowest BCUT2D eigenvalue weighted by Crippen LogP contribution is -2.34. The van der Waals surface area contributed by atoms with Gasteiger partial charge in [-0.25, -0.2) is 0 Å². The highest BCUT2D eigenvalue weighted by molar-refractivity contribution is 7.37. The zero-order valence-corrected chi connectivity index (χ0v) is 10.3. The van der Waals surface area contributed by atoms with Gasteiger partial charge in [-0.15, -0.1) is 8.58 Å². The van der Waals surface area contributed by atoms with Crippen molar-refractivity contribution >= 4 is 20.5 Å². The number of hydrogen-bond donors (Lipinski definition) is 2. The summed E-state index contributed by atoms with van der Waals surface area (Å²) < 4.78 is 0. The average molecular weight is 221 g/mol. The van der Waals surface area contributed by atoms with Gasteiger partial charge in [0.25, 0.3) is 0 Å². The van der Waals surface area contributed by atoms with E-state index in [0.29, 0.717) is 0 Å². The molecule has 0 saturated carbocycles. The predicted molar refractivity (Wildman–Crippen MR) is 60.3 cm³/mol. The lowest BCUT2D eigenvalue weighted by molar-refractivity contribution is -0.138. The minimum absolute atomic E-state index is 0.0762. The molecule has 0 aliphatic rings. The SMILES string of the molecule is CC.CPCC(C)C(=O)NCC(=O)O. The minimum Gasteiger partial charge on any atom is -0.480 e. The first-order valence-corrected chi connectivity index (χ1v) is 6.42. The maximum absolute atomic E-state index is 11.1. The van der Waals surface area contributed by atoms with E-state index in [9.17, 15) is 9.59 Å². The smallest absolute Gasteiger partial charge is 0.322 e. The number of carbonyl (C=O) groups is 2. The molecule has 5 heteroatoms. The van der Waals surface area contributed by atoms with Crippen LogP contribution >= 0.6 is 8.58 Å². The van der Waals surface area contributed by atoms with E-state index in [-0.39, 0.29) is 18.4 Å². The number of rotatable bonds is 5. The van der Waals surface area contributed by atoms with Crippen molar-refractivity contribution in [3.05, 3.63) is 0 Å². The van der Waals surface area contributed by atoms with E-state index in [0.717, 1.165) is 14.7 Å². The van der Waals surface area contributed by atoms with Crippen molar-refractivity contribution in [2.24, 2.45) is 5.92 Å². The largest absolute Gasteiger partial charge is 0.480 e. The topological polar surface area (TPSA) is 66.4 Å². The van der Waals surface area contributed by atoms with Crippen LogP contribution in [0.25, 0.3) is 0 Å². The summed E-state index contributed by atoms with van der Waals surface area (Å²) in [5.41, 5.74) is 0. The minimum atomic E-state index is -1.01. The standard InChI is InChI=1S/C7H14NO3P.C2H6/c1-5(4-12-2)7(11)8-3-6(9)10;1-2/h5,12H,3-4H2,1-2H3,(H,8,11)(H,9,10);1-2H3. The number of carbonyl (C=O) groups excluding carboxylic acids is 1. The number of hydrogen-bond acceptors (Lipinski definition) is 2. The van der Waals surface area contributed by atoms with E-state index >= 15 is 0 Å². The van der Waals surface area contributed by atoms with Crippen LogP contribution in [-0.4, -0.2) is 36.4 Å². The van der Waals surface area contributed by atoms with Crippen molar-refractivity contribution in [1.82, 2.24) is 5.32 Å². The zero-order valence-electron chi connectivity index (χ0n) is 9.26. The van der Waals surface area contributed by atoms with E-state index in [4.69, 9.17) is 5.11 Å². The molecule has 4 nitrogen and oxygen atoms in total. The van der Waals surface area contributed by atoms with Crippen LogP contribution in [0, 0.1) is 5.92 Å². The Hall–Kier alpha value is -0.630. The van der Waals surface area contributed by atoms with Gasteiger partial charge in [-0.3, -0.25) is 9.59 Å². The second-order valence-electron chi connectivity index (χ2n) is 2.57. The first-order valence-electron chi connectivity index (χ1n) is 4.72. The fourth-order valence-corrected chi connectivity index (χ4v) is 1.53. The average Bonchev–Trinajstić information content (AvgIpc) is 2.17. The second kappa shape index (κ2) is 10.5. The highest BCUT2D eigenvalue weighted by Crippen LogP contribution is 2.09. The van der Waals surface area contributed by atoms with Crippen LogP contribution < -0.4 is 5.32 Å². The molecule has 84 valence electrons. The van der Waals surface area contributed by atoms with Crippen LogP contribution in [-0.2, 0) is 9.59 Å². The van der Waals surface area contributed by atoms with E-state index < -0.39 is 5.97 Å². The zero-order chi connectivity index (χ0) is 11.6. The Bertz CT molecular complexity index is 173. The summed E-state index contributed by atoms with van der Waals surface area (Å²) >= 11 is 0. The molecule has 0 aromatic rings. The lowest BCUT2D eigenvalue weighted by Gasteiger charge is -2.08. The summed E-state index contributed by atoms with van der Waals surface area (Å²) in [7, 11) is 0.722. The highest BCUT2D eigenvalue weighted by atomic mass is 31.1. The molecule has 0 radical (unpaired) electrons. The predicted octanol–water partition coefficient (Wildman–Crippen LogP) is 1.16. The molecule has 0 aliphatic carbocycles. The molecule has 0 heterocycles. The van der Waals surface area contributed by atoms with Crippen molar-refractivity contribution in [3.63, 3.8) is 0 Å². The van der Waals surface area contributed by atoms with Crippen molar-refractivity contribution < 1.29 is 14.7 Å². The Morgan fingerprint density at radius 2 is 1.93 bits per heavy atom. The third kappa shape index (κ3) is 9.46. The lowest BCUT2D eigenvalue weighted by atomic mass is 10.2. The Balaban J connectivity index is 0.